The molecule has 1 N–H and O–H groups in total. The summed E-state index contributed by atoms with van der Waals surface area (Å²) in [6.07, 6.45) is 0.767. The molecular formula is C12H15FN2O4. The van der Waals surface area contributed by atoms with Gasteiger partial charge in [0.15, 0.2) is 0 Å². The Labute approximate surface area is 109 Å². The Kier molecular flexibility index (Phi) is 5.37. The second-order valence-electron chi connectivity index (χ2n) is 4.15. The summed E-state index contributed by atoms with van der Waals surface area (Å²) in [6, 6.07) is 3.60. The number of hydrogen-bond donors (Lipinski definition) is 1. The van der Waals surface area contributed by atoms with E-state index in [0.29, 0.717) is 12.1 Å². The third kappa shape index (κ3) is 4.63. The minimum Gasteiger partial charge on any atom is -0.480 e. The van der Waals surface area contributed by atoms with E-state index in [1.54, 1.807) is 4.90 Å². The van der Waals surface area contributed by atoms with Crippen molar-refractivity contribution < 1.29 is 19.2 Å². The number of nitrogens with zero attached hydrogens (tertiary/aromatic N) is 2. The third-order valence-corrected chi connectivity index (χ3v) is 2.51. The smallest absolute Gasteiger partial charge is 0.317 e. The number of aliphatic carboxylic acids is 1. The van der Waals surface area contributed by atoms with Crippen molar-refractivity contribution in [2.75, 3.05) is 13.1 Å². The maximum atomic E-state index is 13.4. The first-order chi connectivity index (χ1) is 8.93. The molecule has 6 nitrogen and oxygen atoms in total. The Morgan fingerprint density at radius 2 is 2.21 bits per heavy atom. The highest BCUT2D eigenvalue weighted by Gasteiger charge is 2.15. The van der Waals surface area contributed by atoms with Crippen LogP contribution in [-0.4, -0.2) is 34.0 Å². The zero-order valence-corrected chi connectivity index (χ0v) is 10.5. The van der Waals surface area contributed by atoms with Gasteiger partial charge in [-0.2, -0.15) is 4.39 Å². The Bertz CT molecular complexity index is 479. The molecule has 1 aromatic rings. The van der Waals surface area contributed by atoms with Crippen LogP contribution >= 0.6 is 0 Å². The van der Waals surface area contributed by atoms with Gasteiger partial charge in [-0.3, -0.25) is 19.8 Å². The van der Waals surface area contributed by atoms with Crippen LogP contribution in [0.5, 0.6) is 0 Å². The predicted octanol–water partition coefficient (Wildman–Crippen LogP) is 2.03. The number of rotatable bonds is 7. The molecule has 104 valence electrons. The van der Waals surface area contributed by atoms with Gasteiger partial charge >= 0.3 is 11.7 Å². The zero-order valence-electron chi connectivity index (χ0n) is 10.5. The Hall–Kier alpha value is -2.02. The summed E-state index contributed by atoms with van der Waals surface area (Å²) in [5.41, 5.74) is -0.0678. The molecule has 0 unspecified atom stereocenters. The summed E-state index contributed by atoms with van der Waals surface area (Å²) in [5, 5.41) is 19.2. The van der Waals surface area contributed by atoms with Crippen molar-refractivity contribution in [3.63, 3.8) is 0 Å². The molecule has 0 fully saturated rings. The number of carbonyl (C=O) groups is 1. The van der Waals surface area contributed by atoms with Crippen LogP contribution in [0, 0.1) is 15.9 Å². The maximum Gasteiger partial charge on any atom is 0.317 e. The monoisotopic (exact) mass is 270 g/mol. The van der Waals surface area contributed by atoms with Crippen molar-refractivity contribution >= 4 is 11.7 Å². The van der Waals surface area contributed by atoms with Gasteiger partial charge < -0.3 is 5.11 Å². The first-order valence-electron chi connectivity index (χ1n) is 5.81. The van der Waals surface area contributed by atoms with Gasteiger partial charge in [-0.1, -0.05) is 13.0 Å². The van der Waals surface area contributed by atoms with Crippen LogP contribution in [-0.2, 0) is 11.3 Å². The molecule has 0 aliphatic heterocycles. The van der Waals surface area contributed by atoms with E-state index in [9.17, 15) is 19.3 Å². The number of nitro groups is 1. The molecule has 0 aliphatic rings. The summed E-state index contributed by atoms with van der Waals surface area (Å²) in [7, 11) is 0. The van der Waals surface area contributed by atoms with E-state index in [1.807, 2.05) is 6.92 Å². The second-order valence-corrected chi connectivity index (χ2v) is 4.15. The van der Waals surface area contributed by atoms with Gasteiger partial charge in [0.25, 0.3) is 0 Å². The standard InChI is InChI=1S/C12H15FN2O4/c1-2-5-14(8-12(16)17)7-9-3-4-11(15(18)19)10(13)6-9/h3-4,6H,2,5,7-8H2,1H3,(H,16,17). The Morgan fingerprint density at radius 1 is 1.53 bits per heavy atom. The lowest BCUT2D eigenvalue weighted by Gasteiger charge is -2.19. The minimum atomic E-state index is -0.962. The molecule has 0 bridgehead atoms. The number of hydrogen-bond acceptors (Lipinski definition) is 4. The van der Waals surface area contributed by atoms with Gasteiger partial charge in [-0.05, 0) is 24.6 Å². The summed E-state index contributed by atoms with van der Waals surface area (Å²) in [4.78, 5) is 22.0. The summed E-state index contributed by atoms with van der Waals surface area (Å²) in [5.74, 6) is -1.87. The lowest BCUT2D eigenvalue weighted by molar-refractivity contribution is -0.387. The lowest BCUT2D eigenvalue weighted by Crippen LogP contribution is -2.30. The molecule has 0 radical (unpaired) electrons. The summed E-state index contributed by atoms with van der Waals surface area (Å²) < 4.78 is 13.4. The maximum absolute atomic E-state index is 13.4. The van der Waals surface area contributed by atoms with Gasteiger partial charge in [0, 0.05) is 12.6 Å². The van der Waals surface area contributed by atoms with Crippen LogP contribution in [0.15, 0.2) is 18.2 Å². The van der Waals surface area contributed by atoms with Crippen LogP contribution in [0.25, 0.3) is 0 Å². The largest absolute Gasteiger partial charge is 0.480 e. The zero-order chi connectivity index (χ0) is 14.4. The fraction of sp³-hybridized carbons (Fsp3) is 0.417. The van der Waals surface area contributed by atoms with E-state index in [-0.39, 0.29) is 13.1 Å². The fourth-order valence-electron chi connectivity index (χ4n) is 1.78. The highest BCUT2D eigenvalue weighted by atomic mass is 19.1. The van der Waals surface area contributed by atoms with Gasteiger partial charge in [0.1, 0.15) is 0 Å². The van der Waals surface area contributed by atoms with Crippen LogP contribution in [0.2, 0.25) is 0 Å². The van der Waals surface area contributed by atoms with E-state index >= 15 is 0 Å². The number of benzene rings is 1. The number of carboxylic acid groups (broad SMARTS) is 1. The average Bonchev–Trinajstić information content (AvgIpc) is 2.27. The van der Waals surface area contributed by atoms with Gasteiger partial charge in [0.05, 0.1) is 11.5 Å². The van der Waals surface area contributed by atoms with E-state index < -0.39 is 22.4 Å². The average molecular weight is 270 g/mol. The number of nitro benzene ring substituents is 1. The fourth-order valence-corrected chi connectivity index (χ4v) is 1.78. The SMILES string of the molecule is CCCN(CC(=O)O)Cc1ccc([N+](=O)[O-])c(F)c1. The van der Waals surface area contributed by atoms with Crippen LogP contribution in [0.1, 0.15) is 18.9 Å². The summed E-state index contributed by atoms with van der Waals surface area (Å²) in [6.45, 7) is 2.57. The Balaban J connectivity index is 2.82. The van der Waals surface area contributed by atoms with Crippen LogP contribution in [0.3, 0.4) is 0 Å². The number of halogens is 1. The molecule has 0 saturated carbocycles. The molecular weight excluding hydrogens is 255 g/mol. The molecule has 0 atom stereocenters. The molecule has 0 aromatic heterocycles. The normalized spacial score (nSPS) is 10.7. The van der Waals surface area contributed by atoms with Crippen molar-refractivity contribution in [2.45, 2.75) is 19.9 Å². The topological polar surface area (TPSA) is 83.7 Å². The summed E-state index contributed by atoms with van der Waals surface area (Å²) >= 11 is 0. The second kappa shape index (κ2) is 6.79. The lowest BCUT2D eigenvalue weighted by atomic mass is 10.2. The molecule has 0 saturated heterocycles. The highest BCUT2D eigenvalue weighted by Crippen LogP contribution is 2.19. The third-order valence-electron chi connectivity index (χ3n) is 2.51. The van der Waals surface area contributed by atoms with E-state index in [0.717, 1.165) is 18.6 Å². The quantitative estimate of drug-likeness (QED) is 0.605. The van der Waals surface area contributed by atoms with Gasteiger partial charge in [-0.25, -0.2) is 0 Å². The highest BCUT2D eigenvalue weighted by molar-refractivity contribution is 5.69. The minimum absolute atomic E-state index is 0.146. The molecule has 1 aromatic carbocycles. The van der Waals surface area contributed by atoms with Crippen LogP contribution < -0.4 is 0 Å². The number of carboxylic acids is 1. The first kappa shape index (κ1) is 15.0. The molecule has 0 spiro atoms. The molecule has 19 heavy (non-hydrogen) atoms. The van der Waals surface area contributed by atoms with E-state index in [1.165, 1.54) is 6.07 Å². The molecule has 1 rings (SSSR count). The Morgan fingerprint density at radius 3 is 2.68 bits per heavy atom. The van der Waals surface area contributed by atoms with Crippen LogP contribution in [0.4, 0.5) is 10.1 Å². The van der Waals surface area contributed by atoms with E-state index in [2.05, 4.69) is 0 Å². The first-order valence-corrected chi connectivity index (χ1v) is 5.81. The van der Waals surface area contributed by atoms with E-state index in [4.69, 9.17) is 5.11 Å². The van der Waals surface area contributed by atoms with Crippen molar-refractivity contribution in [3.8, 4) is 0 Å². The van der Waals surface area contributed by atoms with Gasteiger partial charge in [0.2, 0.25) is 5.82 Å². The van der Waals surface area contributed by atoms with Crippen molar-refractivity contribution in [1.82, 2.24) is 4.90 Å². The predicted molar refractivity (Wildman–Crippen MR) is 66.3 cm³/mol. The van der Waals surface area contributed by atoms with Gasteiger partial charge in [-0.15, -0.1) is 0 Å². The molecule has 0 amide bonds. The van der Waals surface area contributed by atoms with Crippen molar-refractivity contribution in [1.29, 1.82) is 0 Å². The molecule has 0 heterocycles. The molecule has 0 aliphatic carbocycles. The van der Waals surface area contributed by atoms with Crippen molar-refractivity contribution in [2.24, 2.45) is 0 Å². The van der Waals surface area contributed by atoms with Crippen molar-refractivity contribution in [3.05, 3.63) is 39.7 Å². The molecule has 7 heteroatoms.